The lowest BCUT2D eigenvalue weighted by Gasteiger charge is -2.16. The van der Waals surface area contributed by atoms with Crippen molar-refractivity contribution in [3.05, 3.63) is 95.1 Å². The van der Waals surface area contributed by atoms with E-state index in [9.17, 15) is 20.4 Å². The van der Waals surface area contributed by atoms with E-state index in [1.165, 1.54) is 9.59 Å². The second-order valence-corrected chi connectivity index (χ2v) is 13.0. The molecule has 0 aliphatic heterocycles. The van der Waals surface area contributed by atoms with Crippen LogP contribution in [0.4, 0.5) is 0 Å². The summed E-state index contributed by atoms with van der Waals surface area (Å²) in [6.07, 6.45) is 7.67. The van der Waals surface area contributed by atoms with Gasteiger partial charge in [0.05, 0.1) is 12.2 Å². The molecule has 0 spiro atoms. The van der Waals surface area contributed by atoms with E-state index in [1.807, 2.05) is 86.6 Å². The first-order valence-electron chi connectivity index (χ1n) is 17.5. The van der Waals surface area contributed by atoms with Crippen molar-refractivity contribution in [3.8, 4) is 22.9 Å². The fourth-order valence-corrected chi connectivity index (χ4v) is 6.31. The van der Waals surface area contributed by atoms with Gasteiger partial charge in [-0.2, -0.15) is 0 Å². The molecule has 6 rings (SSSR count). The molecule has 4 aromatic carbocycles. The van der Waals surface area contributed by atoms with Crippen molar-refractivity contribution in [2.24, 2.45) is 0 Å². The zero-order valence-corrected chi connectivity index (χ0v) is 28.3. The zero-order valence-electron chi connectivity index (χ0n) is 28.3. The number of aryl methyl sites for hydroxylation is 2. The molecule has 0 amide bonds. The number of hydrogen-bond donors (Lipinski definition) is 4. The van der Waals surface area contributed by atoms with Crippen LogP contribution in [-0.2, 0) is 19.3 Å². The van der Waals surface area contributed by atoms with Crippen LogP contribution in [0.2, 0.25) is 0 Å². The molecule has 49 heavy (non-hydrogen) atoms. The quantitative estimate of drug-likeness (QED) is 0.0803. The van der Waals surface area contributed by atoms with Crippen molar-refractivity contribution < 1.29 is 20.4 Å². The van der Waals surface area contributed by atoms with Gasteiger partial charge in [-0.25, -0.2) is 0 Å². The highest BCUT2D eigenvalue weighted by Crippen LogP contribution is 2.35. The number of hydrogen-bond acceptors (Lipinski definition) is 8. The van der Waals surface area contributed by atoms with E-state index in [-0.39, 0.29) is 30.1 Å². The molecule has 0 fully saturated rings. The zero-order chi connectivity index (χ0) is 34.3. The molecule has 2 unspecified atom stereocenters. The van der Waals surface area contributed by atoms with Gasteiger partial charge in [0.15, 0.2) is 0 Å². The fourth-order valence-electron chi connectivity index (χ4n) is 6.31. The third kappa shape index (κ3) is 8.09. The topological polar surface area (TPSA) is 142 Å². The van der Waals surface area contributed by atoms with Gasteiger partial charge in [-0.15, -0.1) is 30.0 Å². The number of unbranched alkanes of at least 4 members (excludes halogenated alkanes) is 2. The molecule has 0 saturated carbocycles. The first-order chi connectivity index (χ1) is 23.8. The van der Waals surface area contributed by atoms with Gasteiger partial charge in [-0.05, 0) is 98.9 Å². The van der Waals surface area contributed by atoms with E-state index in [4.69, 9.17) is 0 Å². The molecular weight excluding hydrogens is 616 g/mol. The van der Waals surface area contributed by atoms with Crippen molar-refractivity contribution in [2.45, 2.75) is 96.7 Å². The van der Waals surface area contributed by atoms with Crippen LogP contribution in [0.25, 0.3) is 33.4 Å². The van der Waals surface area contributed by atoms with E-state index < -0.39 is 0 Å². The number of fused-ring (bicyclic) bond motifs is 2. The van der Waals surface area contributed by atoms with Crippen molar-refractivity contribution in [1.29, 1.82) is 0 Å². The normalized spacial score (nSPS) is 13.0. The third-order valence-corrected chi connectivity index (χ3v) is 9.29. The minimum atomic E-state index is -0.297. The van der Waals surface area contributed by atoms with Crippen LogP contribution in [0.1, 0.15) is 87.5 Å². The molecule has 256 valence electrons. The molecule has 10 heteroatoms. The number of rotatable bonds is 16. The molecule has 0 bridgehead atoms. The molecule has 0 aliphatic carbocycles. The lowest BCUT2D eigenvalue weighted by molar-refractivity contribution is 0.156. The highest BCUT2D eigenvalue weighted by Gasteiger charge is 2.20. The molecule has 2 atom stereocenters. The number of aromatic hydroxyl groups is 2. The molecule has 2 aromatic heterocycles. The summed E-state index contributed by atoms with van der Waals surface area (Å²) in [5.41, 5.74) is 7.17. The molecule has 4 N–H and O–H groups in total. The summed E-state index contributed by atoms with van der Waals surface area (Å²) >= 11 is 0. The van der Waals surface area contributed by atoms with Gasteiger partial charge in [0, 0.05) is 17.5 Å². The highest BCUT2D eigenvalue weighted by atomic mass is 16.3. The summed E-state index contributed by atoms with van der Waals surface area (Å²) in [4.78, 5) is 2.97. The van der Waals surface area contributed by atoms with Gasteiger partial charge < -0.3 is 20.4 Å². The number of aliphatic hydroxyl groups is 2. The Morgan fingerprint density at radius 3 is 1.27 bits per heavy atom. The summed E-state index contributed by atoms with van der Waals surface area (Å²) in [5, 5.41) is 62.2. The fraction of sp³-hybridized carbons (Fsp3) is 0.385. The molecule has 10 nitrogen and oxygen atoms in total. The Morgan fingerprint density at radius 2 is 0.918 bits per heavy atom. The van der Waals surface area contributed by atoms with Crippen molar-refractivity contribution in [2.75, 3.05) is 0 Å². The van der Waals surface area contributed by atoms with Gasteiger partial charge in [-0.3, -0.25) is 0 Å². The van der Waals surface area contributed by atoms with E-state index in [0.717, 1.165) is 97.4 Å². The van der Waals surface area contributed by atoms with Crippen LogP contribution in [0.5, 0.6) is 11.5 Å². The van der Waals surface area contributed by atoms with Gasteiger partial charge in [0.25, 0.3) is 0 Å². The van der Waals surface area contributed by atoms with Gasteiger partial charge in [-0.1, -0.05) is 63.1 Å². The minimum Gasteiger partial charge on any atom is -0.505 e. The van der Waals surface area contributed by atoms with Crippen LogP contribution in [0.15, 0.2) is 72.8 Å². The number of nitrogens with zero attached hydrogens (tertiary/aromatic N) is 6. The molecule has 2 heterocycles. The van der Waals surface area contributed by atoms with Crippen molar-refractivity contribution >= 4 is 22.1 Å². The number of benzene rings is 4. The Hall–Kier alpha value is -4.80. The number of phenols is 2. The second-order valence-electron chi connectivity index (χ2n) is 13.0. The summed E-state index contributed by atoms with van der Waals surface area (Å²) in [7, 11) is 0. The maximum atomic E-state index is 11.8. The number of aromatic nitrogens is 6. The minimum absolute atomic E-state index is 0.0494. The summed E-state index contributed by atoms with van der Waals surface area (Å²) in [6.45, 7) is 3.98. The summed E-state index contributed by atoms with van der Waals surface area (Å²) in [6, 6.07) is 23.0. The Bertz CT molecular complexity index is 1810. The average Bonchev–Trinajstić information content (AvgIpc) is 3.75. The van der Waals surface area contributed by atoms with Gasteiger partial charge in [0.1, 0.15) is 44.9 Å². The first kappa shape index (κ1) is 34.1. The molecule has 0 radical (unpaired) electrons. The standard InChI is InChI=1S/C39H46N6O4/c1-3-30(46)15-7-5-13-26-21-28(38(48)36(23-26)44-40-32-17-9-10-18-33(32)41-44)25-29-22-27(14-6-8-16-31(47)4-2)24-37(39(29)49)45-42-34-19-11-12-20-35(34)43-45/h9-12,17-24,30-31,46-49H,3-8,13-16,25H2,1-2H3. The largest absolute Gasteiger partial charge is 0.505 e. The predicted molar refractivity (Wildman–Crippen MR) is 192 cm³/mol. The smallest absolute Gasteiger partial charge is 0.146 e. The number of phenolic OH excluding ortho intramolecular Hbond substituents is 2. The Kier molecular flexibility index (Phi) is 10.9. The van der Waals surface area contributed by atoms with Gasteiger partial charge >= 0.3 is 0 Å². The average molecular weight is 663 g/mol. The van der Waals surface area contributed by atoms with Crippen molar-refractivity contribution in [1.82, 2.24) is 30.0 Å². The summed E-state index contributed by atoms with van der Waals surface area (Å²) < 4.78 is 0. The van der Waals surface area contributed by atoms with E-state index >= 15 is 0 Å². The first-order valence-corrected chi connectivity index (χ1v) is 17.5. The maximum absolute atomic E-state index is 11.8. The van der Waals surface area contributed by atoms with E-state index in [0.29, 0.717) is 22.5 Å². The monoisotopic (exact) mass is 662 g/mol. The van der Waals surface area contributed by atoms with Gasteiger partial charge in [0.2, 0.25) is 0 Å². The summed E-state index contributed by atoms with van der Waals surface area (Å²) in [5.74, 6) is 0.0987. The molecular formula is C39H46N6O4. The Labute approximate surface area is 286 Å². The number of aliphatic hydroxyl groups excluding tert-OH is 2. The Balaban J connectivity index is 1.38. The lowest BCUT2D eigenvalue weighted by Crippen LogP contribution is -2.06. The Morgan fingerprint density at radius 1 is 0.551 bits per heavy atom. The SMILES string of the molecule is CCC(O)CCCCc1cc(Cc2cc(CCCCC(O)CC)cc(-n3nc4ccccc4n3)c2O)c(O)c(-n2nc3ccccc3n2)c1. The maximum Gasteiger partial charge on any atom is 0.146 e. The highest BCUT2D eigenvalue weighted by molar-refractivity contribution is 5.74. The van der Waals surface area contributed by atoms with E-state index in [2.05, 4.69) is 20.4 Å². The van der Waals surface area contributed by atoms with Crippen LogP contribution in [0.3, 0.4) is 0 Å². The van der Waals surface area contributed by atoms with Crippen LogP contribution in [0, 0.1) is 0 Å². The van der Waals surface area contributed by atoms with E-state index in [1.54, 1.807) is 0 Å². The van der Waals surface area contributed by atoms with Crippen molar-refractivity contribution in [3.63, 3.8) is 0 Å². The predicted octanol–water partition coefficient (Wildman–Crippen LogP) is 7.12. The van der Waals surface area contributed by atoms with Crippen LogP contribution >= 0.6 is 0 Å². The van der Waals surface area contributed by atoms with Crippen LogP contribution < -0.4 is 0 Å². The second kappa shape index (κ2) is 15.6. The molecule has 0 saturated heterocycles. The third-order valence-electron chi connectivity index (χ3n) is 9.29. The van der Waals surface area contributed by atoms with Crippen LogP contribution in [-0.4, -0.2) is 62.6 Å². The molecule has 6 aromatic rings. The molecule has 0 aliphatic rings. The lowest BCUT2D eigenvalue weighted by atomic mass is 9.94.